The van der Waals surface area contributed by atoms with E-state index in [1.807, 2.05) is 13.8 Å². The zero-order valence-corrected chi connectivity index (χ0v) is 10.6. The van der Waals surface area contributed by atoms with Crippen molar-refractivity contribution in [2.75, 3.05) is 0 Å². The Morgan fingerprint density at radius 2 is 2.18 bits per heavy atom. The lowest BCUT2D eigenvalue weighted by atomic mass is 10.00. The predicted molar refractivity (Wildman–Crippen MR) is 66.1 cm³/mol. The molecule has 0 bridgehead atoms. The Hall–Kier alpha value is -1.13. The van der Waals surface area contributed by atoms with Crippen LogP contribution in [0.2, 0.25) is 5.02 Å². The molecule has 3 nitrogen and oxygen atoms in total. The van der Waals surface area contributed by atoms with Crippen LogP contribution in [0.4, 0.5) is 4.39 Å². The highest BCUT2D eigenvalue weighted by molar-refractivity contribution is 6.30. The Balaban J connectivity index is 2.66. The second-order valence-corrected chi connectivity index (χ2v) is 5.05. The van der Waals surface area contributed by atoms with Gasteiger partial charge in [0.2, 0.25) is 5.91 Å². The smallest absolute Gasteiger partial charge is 0.219 e. The lowest BCUT2D eigenvalue weighted by Gasteiger charge is -2.25. The van der Waals surface area contributed by atoms with Crippen LogP contribution in [-0.4, -0.2) is 11.4 Å². The molecule has 0 aliphatic carbocycles. The molecule has 1 aromatic carbocycles. The summed E-state index contributed by atoms with van der Waals surface area (Å²) in [7, 11) is 0. The second-order valence-electron chi connectivity index (χ2n) is 4.62. The summed E-state index contributed by atoms with van der Waals surface area (Å²) >= 11 is 5.78. The fourth-order valence-electron chi connectivity index (χ4n) is 1.51. The normalized spacial score (nSPS) is 11.5. The first-order valence-corrected chi connectivity index (χ1v) is 5.65. The van der Waals surface area contributed by atoms with Gasteiger partial charge in [0.1, 0.15) is 5.82 Å². The van der Waals surface area contributed by atoms with E-state index in [1.54, 1.807) is 6.07 Å². The van der Waals surface area contributed by atoms with Crippen molar-refractivity contribution in [2.24, 2.45) is 5.73 Å². The van der Waals surface area contributed by atoms with Gasteiger partial charge in [-0.25, -0.2) is 4.39 Å². The van der Waals surface area contributed by atoms with Gasteiger partial charge in [-0.15, -0.1) is 0 Å². The Morgan fingerprint density at radius 1 is 1.53 bits per heavy atom. The third kappa shape index (κ3) is 4.71. The Bertz CT molecular complexity index is 421. The highest BCUT2D eigenvalue weighted by Gasteiger charge is 2.20. The number of hydrogen-bond donors (Lipinski definition) is 2. The number of primary amides is 1. The molecule has 5 heteroatoms. The minimum atomic E-state index is -0.472. The Labute approximate surface area is 105 Å². The summed E-state index contributed by atoms with van der Waals surface area (Å²) in [5.41, 5.74) is 5.12. The molecule has 1 amide bonds. The summed E-state index contributed by atoms with van der Waals surface area (Å²) < 4.78 is 13.4. The summed E-state index contributed by atoms with van der Waals surface area (Å²) in [6.07, 6.45) is 0.190. The first-order chi connectivity index (χ1) is 7.80. The van der Waals surface area contributed by atoms with Crippen LogP contribution in [0, 0.1) is 5.82 Å². The van der Waals surface area contributed by atoms with Crippen molar-refractivity contribution >= 4 is 17.5 Å². The summed E-state index contributed by atoms with van der Waals surface area (Å²) in [4.78, 5) is 10.8. The molecular formula is C12H16ClFN2O. The SMILES string of the molecule is CC(C)(CC(N)=O)NCc1cc(Cl)ccc1F. The molecule has 0 unspecified atom stereocenters. The van der Waals surface area contributed by atoms with Gasteiger partial charge in [0.25, 0.3) is 0 Å². The molecule has 0 heterocycles. The fraction of sp³-hybridized carbons (Fsp3) is 0.417. The van der Waals surface area contributed by atoms with Gasteiger partial charge >= 0.3 is 0 Å². The minimum Gasteiger partial charge on any atom is -0.370 e. The number of carbonyl (C=O) groups is 1. The van der Waals surface area contributed by atoms with Gasteiger partial charge < -0.3 is 11.1 Å². The van der Waals surface area contributed by atoms with Gasteiger partial charge in [0.15, 0.2) is 0 Å². The zero-order chi connectivity index (χ0) is 13.1. The average Bonchev–Trinajstić information content (AvgIpc) is 2.17. The van der Waals surface area contributed by atoms with Gasteiger partial charge in [-0.3, -0.25) is 4.79 Å². The number of carbonyl (C=O) groups excluding carboxylic acids is 1. The highest BCUT2D eigenvalue weighted by atomic mass is 35.5. The van der Waals surface area contributed by atoms with Gasteiger partial charge in [-0.2, -0.15) is 0 Å². The van der Waals surface area contributed by atoms with Crippen molar-refractivity contribution in [2.45, 2.75) is 32.4 Å². The van der Waals surface area contributed by atoms with Gasteiger partial charge in [0.05, 0.1) is 0 Å². The van der Waals surface area contributed by atoms with Crippen LogP contribution in [0.3, 0.4) is 0 Å². The lowest BCUT2D eigenvalue weighted by molar-refractivity contribution is -0.119. The van der Waals surface area contributed by atoms with Crippen molar-refractivity contribution in [3.63, 3.8) is 0 Å². The van der Waals surface area contributed by atoms with Crippen LogP contribution in [-0.2, 0) is 11.3 Å². The number of halogens is 2. The van der Waals surface area contributed by atoms with E-state index >= 15 is 0 Å². The molecule has 0 saturated carbocycles. The maximum absolute atomic E-state index is 13.4. The molecule has 1 aromatic rings. The maximum atomic E-state index is 13.4. The van der Waals surface area contributed by atoms with E-state index in [9.17, 15) is 9.18 Å². The number of nitrogens with two attached hydrogens (primary N) is 1. The molecule has 0 aliphatic rings. The largest absolute Gasteiger partial charge is 0.370 e. The van der Waals surface area contributed by atoms with Crippen molar-refractivity contribution in [1.29, 1.82) is 0 Å². The number of hydrogen-bond acceptors (Lipinski definition) is 2. The molecule has 3 N–H and O–H groups in total. The first kappa shape index (κ1) is 13.9. The molecule has 0 spiro atoms. The molecular weight excluding hydrogens is 243 g/mol. The minimum absolute atomic E-state index is 0.190. The first-order valence-electron chi connectivity index (χ1n) is 5.27. The maximum Gasteiger partial charge on any atom is 0.219 e. The Morgan fingerprint density at radius 3 is 2.76 bits per heavy atom. The number of benzene rings is 1. The molecule has 0 aliphatic heterocycles. The number of nitrogens with one attached hydrogen (secondary N) is 1. The molecule has 0 aromatic heterocycles. The van der Waals surface area contributed by atoms with Gasteiger partial charge in [-0.05, 0) is 32.0 Å². The quantitative estimate of drug-likeness (QED) is 0.851. The number of rotatable bonds is 5. The van der Waals surface area contributed by atoms with Crippen LogP contribution in [0.5, 0.6) is 0 Å². The standard InChI is InChI=1S/C12H16ClFN2O/c1-12(2,6-11(15)17)16-7-8-5-9(13)3-4-10(8)14/h3-5,16H,6-7H2,1-2H3,(H2,15,17). The van der Waals surface area contributed by atoms with Crippen molar-refractivity contribution in [3.05, 3.63) is 34.6 Å². The second kappa shape index (κ2) is 5.47. The van der Waals surface area contributed by atoms with Gasteiger partial charge in [-0.1, -0.05) is 11.6 Å². The van der Waals surface area contributed by atoms with E-state index in [0.29, 0.717) is 17.1 Å². The highest BCUT2D eigenvalue weighted by Crippen LogP contribution is 2.16. The summed E-state index contributed by atoms with van der Waals surface area (Å²) in [5, 5.41) is 3.56. The van der Waals surface area contributed by atoms with Gasteiger partial charge in [0, 0.05) is 29.1 Å². The van der Waals surface area contributed by atoms with Crippen molar-refractivity contribution in [1.82, 2.24) is 5.32 Å². The molecule has 0 atom stereocenters. The van der Waals surface area contributed by atoms with Crippen LogP contribution in [0.15, 0.2) is 18.2 Å². The van der Waals surface area contributed by atoms with E-state index in [4.69, 9.17) is 17.3 Å². The van der Waals surface area contributed by atoms with Crippen molar-refractivity contribution < 1.29 is 9.18 Å². The number of amides is 1. The Kier molecular flexibility index (Phi) is 4.48. The molecule has 17 heavy (non-hydrogen) atoms. The monoisotopic (exact) mass is 258 g/mol. The molecule has 1 rings (SSSR count). The molecule has 94 valence electrons. The van der Waals surface area contributed by atoms with E-state index in [1.165, 1.54) is 12.1 Å². The molecule has 0 saturated heterocycles. The lowest BCUT2D eigenvalue weighted by Crippen LogP contribution is -2.42. The average molecular weight is 259 g/mol. The third-order valence-corrected chi connectivity index (χ3v) is 2.62. The van der Waals surface area contributed by atoms with Crippen LogP contribution in [0.1, 0.15) is 25.8 Å². The summed E-state index contributed by atoms with van der Waals surface area (Å²) in [6, 6.07) is 4.37. The van der Waals surface area contributed by atoms with E-state index in [-0.39, 0.29) is 12.2 Å². The van der Waals surface area contributed by atoms with E-state index in [2.05, 4.69) is 5.32 Å². The predicted octanol–water partition coefficient (Wildman–Crippen LogP) is 2.22. The molecule has 0 fully saturated rings. The third-order valence-electron chi connectivity index (χ3n) is 2.38. The van der Waals surface area contributed by atoms with Crippen LogP contribution in [0.25, 0.3) is 0 Å². The van der Waals surface area contributed by atoms with Crippen molar-refractivity contribution in [3.8, 4) is 0 Å². The van der Waals surface area contributed by atoms with Crippen LogP contribution >= 0.6 is 11.6 Å². The summed E-state index contributed by atoms with van der Waals surface area (Å²) in [5.74, 6) is -0.717. The molecule has 0 radical (unpaired) electrons. The van der Waals surface area contributed by atoms with Crippen LogP contribution < -0.4 is 11.1 Å². The van der Waals surface area contributed by atoms with E-state index in [0.717, 1.165) is 0 Å². The van der Waals surface area contributed by atoms with E-state index < -0.39 is 11.4 Å². The summed E-state index contributed by atoms with van der Waals surface area (Å²) in [6.45, 7) is 3.97. The topological polar surface area (TPSA) is 55.1 Å². The zero-order valence-electron chi connectivity index (χ0n) is 9.89. The fourth-order valence-corrected chi connectivity index (χ4v) is 1.71.